The minimum Gasteiger partial charge on any atom is -0.103 e. The zero-order chi connectivity index (χ0) is 27.7. The fourth-order valence-electron chi connectivity index (χ4n) is 2.36. The van der Waals surface area contributed by atoms with Gasteiger partial charge in [0.2, 0.25) is 0 Å². The third-order valence-electron chi connectivity index (χ3n) is 4.18. The van der Waals surface area contributed by atoms with E-state index in [1.165, 1.54) is 9.13 Å². The summed E-state index contributed by atoms with van der Waals surface area (Å²) in [5, 5.41) is 0.763. The van der Waals surface area contributed by atoms with Gasteiger partial charge in [-0.1, -0.05) is 131 Å². The van der Waals surface area contributed by atoms with Crippen molar-refractivity contribution in [3.8, 4) is 0 Å². The third kappa shape index (κ3) is 19.2. The van der Waals surface area contributed by atoms with E-state index in [0.717, 1.165) is 21.5 Å². The van der Waals surface area contributed by atoms with E-state index in [9.17, 15) is 0 Å². The lowest BCUT2D eigenvalue weighted by Gasteiger charge is -1.90. The molecule has 5 aromatic rings. The topological polar surface area (TPSA) is 0 Å². The molecule has 0 aliphatic heterocycles. The number of hydrogen-bond donors (Lipinski definition) is 0. The first-order chi connectivity index (χ1) is 18.5. The van der Waals surface area contributed by atoms with Gasteiger partial charge in [0, 0.05) is 13.1 Å². The first kappa shape index (κ1) is 33.1. The van der Waals surface area contributed by atoms with Crippen LogP contribution >= 0.6 is 50.1 Å². The van der Waals surface area contributed by atoms with Crippen molar-refractivity contribution in [2.24, 2.45) is 0 Å². The van der Waals surface area contributed by atoms with Crippen molar-refractivity contribution in [2.45, 2.75) is 6.42 Å². The molecule has 0 amide bonds. The van der Waals surface area contributed by atoms with Crippen molar-refractivity contribution in [1.82, 2.24) is 0 Å². The molecule has 38 heavy (non-hydrogen) atoms. The molecule has 189 valence electrons. The van der Waals surface area contributed by atoms with Gasteiger partial charge in [-0.15, -0.1) is 6.58 Å². The first-order valence-electron chi connectivity index (χ1n) is 11.5. The predicted octanol–water partition coefficient (Wildman–Crippen LogP) is 10.8. The zero-order valence-corrected chi connectivity index (χ0v) is 25.5. The van der Waals surface area contributed by atoms with Crippen molar-refractivity contribution >= 4 is 56.2 Å². The molecule has 3 heteroatoms. The molecule has 0 saturated carbocycles. The van der Waals surface area contributed by atoms with Gasteiger partial charge in [0.15, 0.2) is 0 Å². The van der Waals surface area contributed by atoms with Gasteiger partial charge in [-0.2, -0.15) is 0 Å². The maximum absolute atomic E-state index is 5.52. The number of halogens is 3. The third-order valence-corrected chi connectivity index (χ3v) is 5.68. The van der Waals surface area contributed by atoms with E-state index in [0.29, 0.717) is 0 Å². The van der Waals surface area contributed by atoms with Crippen LogP contribution in [0.4, 0.5) is 0 Å². The van der Waals surface area contributed by atoms with Crippen molar-refractivity contribution < 1.29 is 0 Å². The minimum atomic E-state index is 0.763. The second kappa shape index (κ2) is 23.2. The highest BCUT2D eigenvalue weighted by Crippen LogP contribution is 2.05. The van der Waals surface area contributed by atoms with Gasteiger partial charge in [-0.3, -0.25) is 0 Å². The molecule has 0 aromatic heterocycles. The Balaban J connectivity index is 0.000000238. The quantitative estimate of drug-likeness (QED) is 0.131. The largest absolute Gasteiger partial charge is 0.103 e. The van der Waals surface area contributed by atoms with Crippen LogP contribution < -0.4 is 0 Å². The Kier molecular flexibility index (Phi) is 20.2. The van der Waals surface area contributed by atoms with Gasteiger partial charge >= 0.3 is 0 Å². The van der Waals surface area contributed by atoms with Crippen LogP contribution in [0.1, 0.15) is 11.1 Å². The summed E-state index contributed by atoms with van der Waals surface area (Å²) >= 11 is 11.1. The first-order valence-corrected chi connectivity index (χ1v) is 13.8. The minimum absolute atomic E-state index is 0.763. The van der Waals surface area contributed by atoms with E-state index < -0.39 is 0 Å². The van der Waals surface area contributed by atoms with Crippen molar-refractivity contribution in [3.05, 3.63) is 195 Å². The van der Waals surface area contributed by atoms with Crippen LogP contribution in [0.5, 0.6) is 0 Å². The van der Waals surface area contributed by atoms with E-state index >= 15 is 0 Å². The summed E-state index contributed by atoms with van der Waals surface area (Å²) in [5.74, 6) is 0. The summed E-state index contributed by atoms with van der Waals surface area (Å²) < 4.78 is 2.36. The molecular weight excluding hydrogens is 663 g/mol. The highest BCUT2D eigenvalue weighted by atomic mass is 127. The molecule has 0 spiro atoms. The summed E-state index contributed by atoms with van der Waals surface area (Å²) in [7, 11) is 0. The van der Waals surface area contributed by atoms with Gasteiger partial charge in [0.1, 0.15) is 0 Å². The Hall–Kier alpha value is -2.92. The standard InChI is InChI=1S/C9H9.C8H7.C6H4Br.C6H4Cl.C6H4I/c1-2-6-9-7-4-3-5-8-9;1-2-8-6-4-3-5-7-8;3*7-6-4-2-1-3-5-6/h2,4-5,7-8H,1,6H2;2,4-7H,1H2;3*2-5H. The van der Waals surface area contributed by atoms with E-state index in [1.807, 2.05) is 109 Å². The van der Waals surface area contributed by atoms with Gasteiger partial charge in [-0.05, 0) is 107 Å². The van der Waals surface area contributed by atoms with Gasteiger partial charge in [-0.25, -0.2) is 0 Å². The van der Waals surface area contributed by atoms with E-state index in [1.54, 1.807) is 24.3 Å². The maximum atomic E-state index is 5.52. The molecule has 0 aliphatic carbocycles. The fourth-order valence-corrected chi connectivity index (χ4v) is 3.11. The van der Waals surface area contributed by atoms with Crippen LogP contribution in [-0.2, 0) is 6.42 Å². The van der Waals surface area contributed by atoms with Crippen LogP contribution in [0.3, 0.4) is 0 Å². The SMILES string of the molecule is Brc1cc[c]cc1.C=CCc1cc[c]cc1.C=Cc1cc[c]cc1.Clc1cc[c]cc1.Ic1cc[c]cc1. The second-order valence-corrected chi connectivity index (χ2v) is 9.69. The average Bonchev–Trinajstić information content (AvgIpc) is 2.97. The normalized spacial score (nSPS) is 8.71. The van der Waals surface area contributed by atoms with Crippen LogP contribution in [0.2, 0.25) is 5.02 Å². The molecule has 0 bridgehead atoms. The lowest BCUT2D eigenvalue weighted by Crippen LogP contribution is -1.76. The Morgan fingerprint density at radius 2 is 1.03 bits per heavy atom. The average molecular weight is 691 g/mol. The van der Waals surface area contributed by atoms with Crippen LogP contribution in [0.25, 0.3) is 6.08 Å². The van der Waals surface area contributed by atoms with E-state index in [2.05, 4.69) is 82.0 Å². The van der Waals surface area contributed by atoms with Gasteiger partial charge in [0.05, 0.1) is 0 Å². The molecule has 0 saturated heterocycles. The summed E-state index contributed by atoms with van der Waals surface area (Å²) in [6.45, 7) is 7.26. The molecule has 0 atom stereocenters. The molecule has 5 radical (unpaired) electrons. The molecule has 0 nitrogen and oxygen atoms in total. The maximum Gasteiger partial charge on any atom is 0.0406 e. The van der Waals surface area contributed by atoms with Crippen molar-refractivity contribution in [3.63, 3.8) is 0 Å². The van der Waals surface area contributed by atoms with Crippen LogP contribution in [-0.4, -0.2) is 0 Å². The molecule has 5 aromatic carbocycles. The molecule has 0 N–H and O–H groups in total. The number of rotatable bonds is 3. The lowest BCUT2D eigenvalue weighted by atomic mass is 10.2. The lowest BCUT2D eigenvalue weighted by molar-refractivity contribution is 1.28. The smallest absolute Gasteiger partial charge is 0.0406 e. The van der Waals surface area contributed by atoms with Gasteiger partial charge in [0.25, 0.3) is 0 Å². The van der Waals surface area contributed by atoms with Gasteiger partial charge < -0.3 is 0 Å². The predicted molar refractivity (Wildman–Crippen MR) is 176 cm³/mol. The highest BCUT2D eigenvalue weighted by Gasteiger charge is 1.82. The molecule has 0 heterocycles. The zero-order valence-electron chi connectivity index (χ0n) is 21.0. The Bertz CT molecular complexity index is 1120. The second-order valence-electron chi connectivity index (χ2n) is 7.09. The summed E-state index contributed by atoms with van der Waals surface area (Å²) in [5.41, 5.74) is 2.44. The van der Waals surface area contributed by atoms with Crippen LogP contribution in [0.15, 0.2) is 145 Å². The Labute approximate surface area is 256 Å². The molecule has 5 rings (SSSR count). The summed E-state index contributed by atoms with van der Waals surface area (Å²) in [6, 6.07) is 52.8. The summed E-state index contributed by atoms with van der Waals surface area (Å²) in [6.07, 6.45) is 4.66. The number of hydrogen-bond acceptors (Lipinski definition) is 0. The van der Waals surface area contributed by atoms with Crippen LogP contribution in [0, 0.1) is 33.9 Å². The number of allylic oxidation sites excluding steroid dienone is 1. The van der Waals surface area contributed by atoms with Crippen molar-refractivity contribution in [2.75, 3.05) is 0 Å². The van der Waals surface area contributed by atoms with Crippen molar-refractivity contribution in [1.29, 1.82) is 0 Å². The Morgan fingerprint density at radius 1 is 0.632 bits per heavy atom. The Morgan fingerprint density at radius 3 is 1.29 bits per heavy atom. The van der Waals surface area contributed by atoms with E-state index in [-0.39, 0.29) is 0 Å². The monoisotopic (exact) mass is 689 g/mol. The van der Waals surface area contributed by atoms with E-state index in [4.69, 9.17) is 11.6 Å². The molecule has 0 aliphatic rings. The molecular formula is C35H28BrClI. The highest BCUT2D eigenvalue weighted by molar-refractivity contribution is 14.1. The molecule has 0 unspecified atom stereocenters. The number of benzene rings is 5. The molecule has 0 fully saturated rings. The summed E-state index contributed by atoms with van der Waals surface area (Å²) in [4.78, 5) is 0. The fraction of sp³-hybridized carbons (Fsp3) is 0.0286.